The van der Waals surface area contributed by atoms with Gasteiger partial charge in [-0.3, -0.25) is 4.79 Å². The van der Waals surface area contributed by atoms with Crippen LogP contribution in [-0.4, -0.2) is 49.6 Å². The minimum atomic E-state index is -2.99. The van der Waals surface area contributed by atoms with E-state index in [4.69, 9.17) is 9.47 Å². The molecule has 1 saturated heterocycles. The fourth-order valence-corrected chi connectivity index (χ4v) is 5.32. The molecule has 1 saturated carbocycles. The first-order valence-corrected chi connectivity index (χ1v) is 10.2. The number of para-hydroxylation sites is 1. The highest BCUT2D eigenvalue weighted by Crippen LogP contribution is 2.37. The number of carbonyl (C=O) groups is 1. The molecule has 2 fully saturated rings. The summed E-state index contributed by atoms with van der Waals surface area (Å²) in [6.45, 7) is 0.217. The molecule has 4 rings (SSSR count). The summed E-state index contributed by atoms with van der Waals surface area (Å²) in [5.74, 6) is 1.82. The fraction of sp³-hybridized carbons (Fsp3) is 0.588. The zero-order valence-corrected chi connectivity index (χ0v) is 14.3. The molecule has 1 amide bonds. The van der Waals surface area contributed by atoms with Gasteiger partial charge in [0.15, 0.2) is 21.3 Å². The van der Waals surface area contributed by atoms with Gasteiger partial charge < -0.3 is 14.4 Å². The maximum Gasteiger partial charge on any atom is 0.231 e. The quantitative estimate of drug-likeness (QED) is 0.804. The van der Waals surface area contributed by atoms with Crippen LogP contribution in [0.3, 0.4) is 0 Å². The predicted molar refractivity (Wildman–Crippen MR) is 87.8 cm³/mol. The standard InChI is InChI=1S/C17H21NO5S/c19-16(7-4-12-2-1-3-15-17(12)23-11-22-15)18(13-5-6-13)14-8-9-24(20,21)10-14/h1-3,13-14H,4-11H2. The van der Waals surface area contributed by atoms with Gasteiger partial charge in [0.2, 0.25) is 12.7 Å². The van der Waals surface area contributed by atoms with Gasteiger partial charge in [-0.15, -0.1) is 0 Å². The third kappa shape index (κ3) is 3.09. The molecule has 6 nitrogen and oxygen atoms in total. The Morgan fingerprint density at radius 3 is 2.71 bits per heavy atom. The maximum atomic E-state index is 12.8. The van der Waals surface area contributed by atoms with Gasteiger partial charge in [-0.05, 0) is 37.3 Å². The number of nitrogens with zero attached hydrogens (tertiary/aromatic N) is 1. The van der Waals surface area contributed by atoms with E-state index in [2.05, 4.69) is 0 Å². The summed E-state index contributed by atoms with van der Waals surface area (Å²) in [7, 11) is -2.99. The normalized spacial score (nSPS) is 24.1. The Hall–Kier alpha value is -1.76. The lowest BCUT2D eigenvalue weighted by molar-refractivity contribution is -0.133. The lowest BCUT2D eigenvalue weighted by Gasteiger charge is -2.28. The Morgan fingerprint density at radius 2 is 2.00 bits per heavy atom. The summed E-state index contributed by atoms with van der Waals surface area (Å²) in [4.78, 5) is 14.6. The third-order valence-corrected chi connectivity index (χ3v) is 6.67. The van der Waals surface area contributed by atoms with E-state index in [9.17, 15) is 13.2 Å². The van der Waals surface area contributed by atoms with Crippen molar-refractivity contribution in [3.8, 4) is 11.5 Å². The Kier molecular flexibility index (Phi) is 3.90. The Bertz CT molecular complexity index is 756. The van der Waals surface area contributed by atoms with Gasteiger partial charge in [0.05, 0.1) is 11.5 Å². The smallest absolute Gasteiger partial charge is 0.231 e. The van der Waals surface area contributed by atoms with Gasteiger partial charge in [0.25, 0.3) is 0 Å². The number of ether oxygens (including phenoxy) is 2. The largest absolute Gasteiger partial charge is 0.454 e. The van der Waals surface area contributed by atoms with Gasteiger partial charge in [-0.2, -0.15) is 0 Å². The highest BCUT2D eigenvalue weighted by molar-refractivity contribution is 7.91. The molecule has 0 aromatic heterocycles. The van der Waals surface area contributed by atoms with Crippen LogP contribution in [0.2, 0.25) is 0 Å². The average Bonchev–Trinajstić information content (AvgIpc) is 3.13. The van der Waals surface area contributed by atoms with Gasteiger partial charge in [-0.1, -0.05) is 12.1 Å². The van der Waals surface area contributed by atoms with Crippen molar-refractivity contribution in [2.45, 2.75) is 44.2 Å². The molecule has 3 aliphatic rings. The van der Waals surface area contributed by atoms with Crippen LogP contribution in [0.4, 0.5) is 0 Å². The number of aryl methyl sites for hydroxylation is 1. The molecule has 1 aromatic carbocycles. The SMILES string of the molecule is O=C(CCc1cccc2c1OCO2)N(C1CC1)C1CCS(=O)(=O)C1. The molecule has 0 bridgehead atoms. The number of hydrogen-bond acceptors (Lipinski definition) is 5. The summed E-state index contributed by atoms with van der Waals surface area (Å²) >= 11 is 0. The van der Waals surface area contributed by atoms with Crippen LogP contribution in [0.25, 0.3) is 0 Å². The number of amides is 1. The van der Waals surface area contributed by atoms with E-state index in [0.29, 0.717) is 19.3 Å². The molecule has 24 heavy (non-hydrogen) atoms. The Balaban J connectivity index is 1.44. The molecule has 2 aliphatic heterocycles. The first-order valence-electron chi connectivity index (χ1n) is 8.42. The zero-order chi connectivity index (χ0) is 16.7. The van der Waals surface area contributed by atoms with E-state index < -0.39 is 9.84 Å². The summed E-state index contributed by atoms with van der Waals surface area (Å²) < 4.78 is 34.3. The zero-order valence-electron chi connectivity index (χ0n) is 13.4. The van der Waals surface area contributed by atoms with Gasteiger partial charge >= 0.3 is 0 Å². The number of fused-ring (bicyclic) bond motifs is 1. The van der Waals surface area contributed by atoms with Crippen LogP contribution in [0, 0.1) is 0 Å². The topological polar surface area (TPSA) is 72.9 Å². The van der Waals surface area contributed by atoms with E-state index in [1.807, 2.05) is 23.1 Å². The number of benzene rings is 1. The van der Waals surface area contributed by atoms with Crippen LogP contribution < -0.4 is 9.47 Å². The van der Waals surface area contributed by atoms with Crippen LogP contribution in [-0.2, 0) is 21.1 Å². The summed E-state index contributed by atoms with van der Waals surface area (Å²) in [6.07, 6.45) is 3.49. The second kappa shape index (κ2) is 5.95. The maximum absolute atomic E-state index is 12.8. The van der Waals surface area contributed by atoms with Gasteiger partial charge in [0, 0.05) is 18.5 Å². The highest BCUT2D eigenvalue weighted by Gasteiger charge is 2.41. The molecule has 0 N–H and O–H groups in total. The van der Waals surface area contributed by atoms with Crippen molar-refractivity contribution in [3.63, 3.8) is 0 Å². The van der Waals surface area contributed by atoms with E-state index in [-0.39, 0.29) is 36.3 Å². The molecular weight excluding hydrogens is 330 g/mol. The Labute approximate surface area is 141 Å². The number of hydrogen-bond donors (Lipinski definition) is 0. The van der Waals surface area contributed by atoms with Crippen molar-refractivity contribution in [2.24, 2.45) is 0 Å². The minimum absolute atomic E-state index is 0.0520. The van der Waals surface area contributed by atoms with Crippen molar-refractivity contribution in [3.05, 3.63) is 23.8 Å². The molecule has 7 heteroatoms. The summed E-state index contributed by atoms with van der Waals surface area (Å²) in [5.41, 5.74) is 0.966. The van der Waals surface area contributed by atoms with E-state index in [1.54, 1.807) is 0 Å². The second-order valence-corrected chi connectivity index (χ2v) is 8.97. The first kappa shape index (κ1) is 15.7. The molecule has 130 valence electrons. The van der Waals surface area contributed by atoms with E-state index in [1.165, 1.54) is 0 Å². The lowest BCUT2D eigenvalue weighted by atomic mass is 10.1. The van der Waals surface area contributed by atoms with Crippen molar-refractivity contribution in [1.29, 1.82) is 0 Å². The molecule has 1 aliphatic carbocycles. The number of carbonyl (C=O) groups excluding carboxylic acids is 1. The van der Waals surface area contributed by atoms with E-state index >= 15 is 0 Å². The molecule has 1 atom stereocenters. The number of rotatable bonds is 5. The fourth-order valence-electron chi connectivity index (χ4n) is 3.61. The lowest BCUT2D eigenvalue weighted by Crippen LogP contribution is -2.42. The summed E-state index contributed by atoms with van der Waals surface area (Å²) in [6, 6.07) is 5.79. The third-order valence-electron chi connectivity index (χ3n) is 4.92. The van der Waals surface area contributed by atoms with Crippen molar-refractivity contribution in [2.75, 3.05) is 18.3 Å². The van der Waals surface area contributed by atoms with Crippen LogP contribution >= 0.6 is 0 Å². The summed E-state index contributed by atoms with van der Waals surface area (Å²) in [5, 5.41) is 0. The van der Waals surface area contributed by atoms with Crippen LogP contribution in [0.15, 0.2) is 18.2 Å². The van der Waals surface area contributed by atoms with Crippen LogP contribution in [0.1, 0.15) is 31.2 Å². The molecular formula is C17H21NO5S. The molecule has 0 radical (unpaired) electrons. The molecule has 2 heterocycles. The van der Waals surface area contributed by atoms with E-state index in [0.717, 1.165) is 29.9 Å². The molecule has 0 spiro atoms. The van der Waals surface area contributed by atoms with Crippen molar-refractivity contribution >= 4 is 15.7 Å². The predicted octanol–water partition coefficient (Wildman–Crippen LogP) is 1.53. The minimum Gasteiger partial charge on any atom is -0.454 e. The van der Waals surface area contributed by atoms with Gasteiger partial charge in [0.1, 0.15) is 0 Å². The van der Waals surface area contributed by atoms with Crippen LogP contribution in [0.5, 0.6) is 11.5 Å². The highest BCUT2D eigenvalue weighted by atomic mass is 32.2. The van der Waals surface area contributed by atoms with Gasteiger partial charge in [-0.25, -0.2) is 8.42 Å². The van der Waals surface area contributed by atoms with Crippen molar-refractivity contribution in [1.82, 2.24) is 4.90 Å². The Morgan fingerprint density at radius 1 is 1.17 bits per heavy atom. The first-order chi connectivity index (χ1) is 11.5. The average molecular weight is 351 g/mol. The monoisotopic (exact) mass is 351 g/mol. The number of sulfone groups is 1. The second-order valence-electron chi connectivity index (χ2n) is 6.74. The molecule has 1 aromatic rings. The van der Waals surface area contributed by atoms with Crippen molar-refractivity contribution < 1.29 is 22.7 Å². The molecule has 1 unspecified atom stereocenters.